The van der Waals surface area contributed by atoms with Gasteiger partial charge < -0.3 is 9.67 Å². The zero-order chi connectivity index (χ0) is 18.8. The molecule has 1 aliphatic heterocycles. The molecule has 0 fully saturated rings. The second-order valence-electron chi connectivity index (χ2n) is 7.76. The summed E-state index contributed by atoms with van der Waals surface area (Å²) in [5.74, 6) is 0. The largest absolute Gasteiger partial charge is 0.396 e. The van der Waals surface area contributed by atoms with Crippen LogP contribution in [0.1, 0.15) is 34.5 Å². The third-order valence-corrected chi connectivity index (χ3v) is 5.72. The van der Waals surface area contributed by atoms with E-state index in [1.54, 1.807) is 0 Å². The molecule has 27 heavy (non-hydrogen) atoms. The van der Waals surface area contributed by atoms with Crippen molar-refractivity contribution in [2.45, 2.75) is 46.2 Å². The van der Waals surface area contributed by atoms with Crippen LogP contribution in [0, 0.1) is 13.8 Å². The summed E-state index contributed by atoms with van der Waals surface area (Å²) in [4.78, 5) is 6.92. The van der Waals surface area contributed by atoms with Crippen LogP contribution in [0.15, 0.2) is 36.5 Å². The van der Waals surface area contributed by atoms with Gasteiger partial charge in [-0.3, -0.25) is 9.88 Å². The molecule has 0 amide bonds. The Morgan fingerprint density at radius 2 is 2.00 bits per heavy atom. The lowest BCUT2D eigenvalue weighted by Crippen LogP contribution is -2.32. The highest BCUT2D eigenvalue weighted by Gasteiger charge is 2.23. The SMILES string of the molecule is Cc1ccc2c(c1)c1c(n2CCc2ccc(C)nc2)CCN(CCCO)C1. The van der Waals surface area contributed by atoms with Gasteiger partial charge >= 0.3 is 0 Å². The molecule has 0 bridgehead atoms. The highest BCUT2D eigenvalue weighted by molar-refractivity contribution is 5.86. The number of aliphatic hydroxyl groups excluding tert-OH is 1. The number of fused-ring (bicyclic) bond motifs is 3. The third kappa shape index (κ3) is 3.78. The second kappa shape index (κ2) is 7.83. The summed E-state index contributed by atoms with van der Waals surface area (Å²) >= 11 is 0. The van der Waals surface area contributed by atoms with Gasteiger partial charge in [-0.1, -0.05) is 17.7 Å². The Kier molecular flexibility index (Phi) is 5.28. The van der Waals surface area contributed by atoms with E-state index in [1.165, 1.54) is 33.3 Å². The van der Waals surface area contributed by atoms with Crippen LogP contribution >= 0.6 is 0 Å². The van der Waals surface area contributed by atoms with Crippen LogP contribution in [0.5, 0.6) is 0 Å². The molecule has 0 atom stereocenters. The molecule has 4 rings (SSSR count). The maximum absolute atomic E-state index is 9.16. The minimum Gasteiger partial charge on any atom is -0.396 e. The maximum Gasteiger partial charge on any atom is 0.0486 e. The van der Waals surface area contributed by atoms with Gasteiger partial charge in [0, 0.05) is 67.7 Å². The van der Waals surface area contributed by atoms with Crippen molar-refractivity contribution in [3.63, 3.8) is 0 Å². The van der Waals surface area contributed by atoms with Crippen LogP contribution in [0.3, 0.4) is 0 Å². The number of aryl methyl sites for hydroxylation is 4. The Hall–Kier alpha value is -2.17. The van der Waals surface area contributed by atoms with E-state index in [0.29, 0.717) is 0 Å². The van der Waals surface area contributed by atoms with Gasteiger partial charge in [0.25, 0.3) is 0 Å². The first-order valence-electron chi connectivity index (χ1n) is 10.0. The molecule has 1 aliphatic rings. The van der Waals surface area contributed by atoms with Crippen molar-refractivity contribution in [3.05, 3.63) is 64.6 Å². The lowest BCUT2D eigenvalue weighted by molar-refractivity contribution is 0.211. The standard InChI is InChI=1S/C23H29N3O/c1-17-4-7-22-20(14-17)21-16-25(10-3-13-27)11-9-23(21)26(22)12-8-19-6-5-18(2)24-15-19/h4-7,14-15,27H,3,8-13,16H2,1-2H3. The smallest absolute Gasteiger partial charge is 0.0486 e. The van der Waals surface area contributed by atoms with E-state index in [-0.39, 0.29) is 6.61 Å². The monoisotopic (exact) mass is 363 g/mol. The average Bonchev–Trinajstić information content (AvgIpc) is 2.98. The van der Waals surface area contributed by atoms with Crippen molar-refractivity contribution < 1.29 is 5.11 Å². The van der Waals surface area contributed by atoms with Crippen LogP contribution in [0.25, 0.3) is 10.9 Å². The highest BCUT2D eigenvalue weighted by atomic mass is 16.3. The first-order valence-corrected chi connectivity index (χ1v) is 10.0. The molecule has 1 aromatic carbocycles. The summed E-state index contributed by atoms with van der Waals surface area (Å²) < 4.78 is 2.54. The van der Waals surface area contributed by atoms with Crippen molar-refractivity contribution in [1.82, 2.24) is 14.5 Å². The Morgan fingerprint density at radius 1 is 1.11 bits per heavy atom. The van der Waals surface area contributed by atoms with E-state index < -0.39 is 0 Å². The van der Waals surface area contributed by atoms with Crippen molar-refractivity contribution in [3.8, 4) is 0 Å². The fourth-order valence-electron chi connectivity index (χ4n) is 4.25. The zero-order valence-electron chi connectivity index (χ0n) is 16.4. The number of aromatic nitrogens is 2. The number of aliphatic hydroxyl groups is 1. The minimum atomic E-state index is 0.273. The van der Waals surface area contributed by atoms with E-state index in [0.717, 1.165) is 51.1 Å². The molecule has 3 aromatic rings. The number of hydrogen-bond donors (Lipinski definition) is 1. The van der Waals surface area contributed by atoms with Crippen molar-refractivity contribution in [2.75, 3.05) is 19.7 Å². The van der Waals surface area contributed by atoms with Gasteiger partial charge in [-0.25, -0.2) is 0 Å². The Labute approximate surface area is 161 Å². The van der Waals surface area contributed by atoms with Gasteiger partial charge in [0.1, 0.15) is 0 Å². The lowest BCUT2D eigenvalue weighted by Gasteiger charge is -2.28. The fraction of sp³-hybridized carbons (Fsp3) is 0.435. The molecular weight excluding hydrogens is 334 g/mol. The molecule has 2 aromatic heterocycles. The number of nitrogens with zero attached hydrogens (tertiary/aromatic N) is 3. The molecule has 0 radical (unpaired) electrons. The Morgan fingerprint density at radius 3 is 2.78 bits per heavy atom. The van der Waals surface area contributed by atoms with E-state index >= 15 is 0 Å². The molecule has 4 heteroatoms. The van der Waals surface area contributed by atoms with Crippen LogP contribution in [-0.4, -0.2) is 39.3 Å². The zero-order valence-corrected chi connectivity index (χ0v) is 16.4. The Balaban J connectivity index is 1.65. The van der Waals surface area contributed by atoms with Crippen LogP contribution < -0.4 is 0 Å². The quantitative estimate of drug-likeness (QED) is 0.727. The van der Waals surface area contributed by atoms with Crippen LogP contribution in [0.4, 0.5) is 0 Å². The molecule has 0 aliphatic carbocycles. The summed E-state index contributed by atoms with van der Waals surface area (Å²) in [6.45, 7) is 8.52. The molecule has 1 N–H and O–H groups in total. The van der Waals surface area contributed by atoms with E-state index in [1.807, 2.05) is 13.1 Å². The molecule has 4 nitrogen and oxygen atoms in total. The van der Waals surface area contributed by atoms with E-state index in [2.05, 4.69) is 51.7 Å². The number of hydrogen-bond acceptors (Lipinski definition) is 3. The van der Waals surface area contributed by atoms with E-state index in [4.69, 9.17) is 5.11 Å². The lowest BCUT2D eigenvalue weighted by atomic mass is 10.0. The topological polar surface area (TPSA) is 41.3 Å². The molecule has 0 spiro atoms. The predicted octanol–water partition coefficient (Wildman–Crippen LogP) is 3.64. The third-order valence-electron chi connectivity index (χ3n) is 5.72. The van der Waals surface area contributed by atoms with Crippen molar-refractivity contribution in [2.24, 2.45) is 0 Å². The Bertz CT molecular complexity index is 927. The molecule has 142 valence electrons. The van der Waals surface area contributed by atoms with Gasteiger partial charge in [0.05, 0.1) is 0 Å². The first kappa shape index (κ1) is 18.2. The second-order valence-corrected chi connectivity index (χ2v) is 7.76. The maximum atomic E-state index is 9.16. The minimum absolute atomic E-state index is 0.273. The van der Waals surface area contributed by atoms with Crippen molar-refractivity contribution >= 4 is 10.9 Å². The summed E-state index contributed by atoms with van der Waals surface area (Å²) in [6.07, 6.45) is 4.95. The molecular formula is C23H29N3O. The number of rotatable bonds is 6. The molecule has 0 saturated heterocycles. The fourth-order valence-corrected chi connectivity index (χ4v) is 4.25. The van der Waals surface area contributed by atoms with Gasteiger partial charge in [-0.05, 0) is 56.0 Å². The van der Waals surface area contributed by atoms with Crippen LogP contribution in [-0.2, 0) is 25.9 Å². The van der Waals surface area contributed by atoms with Crippen molar-refractivity contribution in [1.29, 1.82) is 0 Å². The number of pyridine rings is 1. The molecule has 0 unspecified atom stereocenters. The normalized spacial score (nSPS) is 14.6. The van der Waals surface area contributed by atoms with E-state index in [9.17, 15) is 0 Å². The van der Waals surface area contributed by atoms with Gasteiger partial charge in [0.15, 0.2) is 0 Å². The van der Waals surface area contributed by atoms with Gasteiger partial charge in [-0.2, -0.15) is 0 Å². The van der Waals surface area contributed by atoms with Gasteiger partial charge in [-0.15, -0.1) is 0 Å². The molecule has 0 saturated carbocycles. The summed E-state index contributed by atoms with van der Waals surface area (Å²) in [6, 6.07) is 11.1. The average molecular weight is 364 g/mol. The summed E-state index contributed by atoms with van der Waals surface area (Å²) in [5.41, 5.74) is 8.02. The summed E-state index contributed by atoms with van der Waals surface area (Å²) in [7, 11) is 0. The highest BCUT2D eigenvalue weighted by Crippen LogP contribution is 2.32. The number of benzene rings is 1. The first-order chi connectivity index (χ1) is 13.2. The van der Waals surface area contributed by atoms with Gasteiger partial charge in [0.2, 0.25) is 0 Å². The predicted molar refractivity (Wildman–Crippen MR) is 110 cm³/mol. The summed E-state index contributed by atoms with van der Waals surface area (Å²) in [5, 5.41) is 10.6. The van der Waals surface area contributed by atoms with Crippen LogP contribution in [0.2, 0.25) is 0 Å². The molecule has 3 heterocycles.